The van der Waals surface area contributed by atoms with Crippen molar-refractivity contribution in [3.05, 3.63) is 35.4 Å². The SMILES string of the molecule is Cc1ccccc1C(=O)N(CCS(=O)(=O)N1CCNCC1)CC(C)C. The lowest BCUT2D eigenvalue weighted by atomic mass is 10.1. The van der Waals surface area contributed by atoms with Crippen molar-refractivity contribution in [3.8, 4) is 0 Å². The minimum absolute atomic E-state index is 0.0304. The molecule has 0 aromatic heterocycles. The van der Waals surface area contributed by atoms with Gasteiger partial charge >= 0.3 is 0 Å². The summed E-state index contributed by atoms with van der Waals surface area (Å²) in [6.07, 6.45) is 0. The first kappa shape index (κ1) is 19.9. The lowest BCUT2D eigenvalue weighted by Crippen LogP contribution is -2.48. The van der Waals surface area contributed by atoms with Crippen LogP contribution in [0, 0.1) is 12.8 Å². The number of carbonyl (C=O) groups is 1. The number of piperazine rings is 1. The molecule has 1 aromatic rings. The minimum atomic E-state index is -3.34. The Bertz CT molecular complexity index is 683. The molecule has 7 heteroatoms. The number of rotatable bonds is 7. The Morgan fingerprint density at radius 3 is 2.48 bits per heavy atom. The molecule has 1 aromatic carbocycles. The zero-order chi connectivity index (χ0) is 18.4. The Labute approximate surface area is 151 Å². The van der Waals surface area contributed by atoms with Gasteiger partial charge in [-0.2, -0.15) is 4.31 Å². The van der Waals surface area contributed by atoms with Crippen molar-refractivity contribution in [2.24, 2.45) is 5.92 Å². The number of hydrogen-bond acceptors (Lipinski definition) is 4. The van der Waals surface area contributed by atoms with Crippen LogP contribution in [0.5, 0.6) is 0 Å². The van der Waals surface area contributed by atoms with E-state index in [0.29, 0.717) is 38.3 Å². The predicted molar refractivity (Wildman–Crippen MR) is 100 cm³/mol. The van der Waals surface area contributed by atoms with Gasteiger partial charge in [0.2, 0.25) is 10.0 Å². The number of carbonyl (C=O) groups excluding carboxylic acids is 1. The maximum Gasteiger partial charge on any atom is 0.254 e. The standard InChI is InChI=1S/C18H29N3O3S/c1-15(2)14-20(18(22)17-7-5-4-6-16(17)3)12-13-25(23,24)21-10-8-19-9-11-21/h4-7,15,19H,8-14H2,1-3H3. The molecule has 0 radical (unpaired) electrons. The second-order valence-corrected chi connectivity index (χ2v) is 9.01. The van der Waals surface area contributed by atoms with Crippen LogP contribution < -0.4 is 5.32 Å². The summed E-state index contributed by atoms with van der Waals surface area (Å²) >= 11 is 0. The number of amides is 1. The van der Waals surface area contributed by atoms with E-state index in [0.717, 1.165) is 5.56 Å². The van der Waals surface area contributed by atoms with E-state index >= 15 is 0 Å². The van der Waals surface area contributed by atoms with E-state index in [1.165, 1.54) is 4.31 Å². The molecule has 1 aliphatic heterocycles. The molecule has 1 heterocycles. The summed E-state index contributed by atoms with van der Waals surface area (Å²) in [5, 5.41) is 3.15. The second-order valence-electron chi connectivity index (χ2n) is 6.92. The maximum absolute atomic E-state index is 12.9. The Kier molecular flexibility index (Phi) is 6.98. The van der Waals surface area contributed by atoms with Crippen LogP contribution in [0.15, 0.2) is 24.3 Å². The van der Waals surface area contributed by atoms with Crippen molar-refractivity contribution in [1.29, 1.82) is 0 Å². The number of hydrogen-bond donors (Lipinski definition) is 1. The lowest BCUT2D eigenvalue weighted by molar-refractivity contribution is 0.0746. The van der Waals surface area contributed by atoms with Gasteiger partial charge in [-0.15, -0.1) is 0 Å². The molecular weight excluding hydrogens is 338 g/mol. The fraction of sp³-hybridized carbons (Fsp3) is 0.611. The van der Waals surface area contributed by atoms with Gasteiger partial charge < -0.3 is 10.2 Å². The number of sulfonamides is 1. The van der Waals surface area contributed by atoms with E-state index in [1.807, 2.05) is 39.0 Å². The van der Waals surface area contributed by atoms with Gasteiger partial charge in [0.1, 0.15) is 0 Å². The van der Waals surface area contributed by atoms with Crippen molar-refractivity contribution in [2.45, 2.75) is 20.8 Å². The first-order valence-corrected chi connectivity index (χ1v) is 10.5. The summed E-state index contributed by atoms with van der Waals surface area (Å²) in [6, 6.07) is 7.44. The predicted octanol–water partition coefficient (Wildman–Crippen LogP) is 1.33. The summed E-state index contributed by atoms with van der Waals surface area (Å²) in [7, 11) is -3.34. The fourth-order valence-corrected chi connectivity index (χ4v) is 4.43. The molecule has 1 N–H and O–H groups in total. The summed E-state index contributed by atoms with van der Waals surface area (Å²) in [6.45, 7) is 9.08. The van der Waals surface area contributed by atoms with E-state index < -0.39 is 10.0 Å². The minimum Gasteiger partial charge on any atom is -0.337 e. The highest BCUT2D eigenvalue weighted by atomic mass is 32.2. The quantitative estimate of drug-likeness (QED) is 0.789. The van der Waals surface area contributed by atoms with Gasteiger partial charge in [0.25, 0.3) is 5.91 Å². The van der Waals surface area contributed by atoms with Crippen LogP contribution in [0.25, 0.3) is 0 Å². The Morgan fingerprint density at radius 1 is 1.24 bits per heavy atom. The molecule has 2 rings (SSSR count). The first-order valence-electron chi connectivity index (χ1n) is 8.84. The van der Waals surface area contributed by atoms with Crippen molar-refractivity contribution in [1.82, 2.24) is 14.5 Å². The van der Waals surface area contributed by atoms with E-state index in [4.69, 9.17) is 0 Å². The average Bonchev–Trinajstić information content (AvgIpc) is 2.59. The van der Waals surface area contributed by atoms with Crippen LogP contribution in [0.1, 0.15) is 29.8 Å². The molecule has 140 valence electrons. The van der Waals surface area contributed by atoms with E-state index in [9.17, 15) is 13.2 Å². The van der Waals surface area contributed by atoms with Gasteiger partial charge in [-0.05, 0) is 24.5 Å². The van der Waals surface area contributed by atoms with Gasteiger partial charge in [-0.1, -0.05) is 32.0 Å². The molecule has 6 nitrogen and oxygen atoms in total. The van der Waals surface area contributed by atoms with Crippen LogP contribution in [0.4, 0.5) is 0 Å². The first-order chi connectivity index (χ1) is 11.8. The van der Waals surface area contributed by atoms with Crippen molar-refractivity contribution in [2.75, 3.05) is 45.0 Å². The third-order valence-corrected chi connectivity index (χ3v) is 6.19. The Balaban J connectivity index is 2.10. The normalized spacial score (nSPS) is 16.2. The molecule has 0 unspecified atom stereocenters. The highest BCUT2D eigenvalue weighted by Gasteiger charge is 2.26. The molecule has 1 fully saturated rings. The van der Waals surface area contributed by atoms with Gasteiger partial charge in [0.05, 0.1) is 5.75 Å². The fourth-order valence-electron chi connectivity index (χ4n) is 2.98. The van der Waals surface area contributed by atoms with Crippen LogP contribution in [-0.2, 0) is 10.0 Å². The third-order valence-electron chi connectivity index (χ3n) is 4.34. The van der Waals surface area contributed by atoms with Crippen LogP contribution in [0.2, 0.25) is 0 Å². The number of aryl methyl sites for hydroxylation is 1. The van der Waals surface area contributed by atoms with Crippen LogP contribution >= 0.6 is 0 Å². The third kappa shape index (κ3) is 5.52. The van der Waals surface area contributed by atoms with E-state index in [2.05, 4.69) is 5.32 Å². The van der Waals surface area contributed by atoms with Gasteiger partial charge in [-0.25, -0.2) is 8.42 Å². The number of nitrogens with one attached hydrogen (secondary N) is 1. The van der Waals surface area contributed by atoms with Crippen LogP contribution in [-0.4, -0.2) is 68.6 Å². The molecule has 25 heavy (non-hydrogen) atoms. The maximum atomic E-state index is 12.9. The van der Waals surface area contributed by atoms with Crippen molar-refractivity contribution in [3.63, 3.8) is 0 Å². The molecule has 0 bridgehead atoms. The summed E-state index contributed by atoms with van der Waals surface area (Å²) in [4.78, 5) is 14.6. The molecule has 1 saturated heterocycles. The Hall–Kier alpha value is -1.44. The highest BCUT2D eigenvalue weighted by molar-refractivity contribution is 7.89. The molecule has 1 amide bonds. The molecule has 1 aliphatic rings. The summed E-state index contributed by atoms with van der Waals surface area (Å²) in [5.74, 6) is 0.148. The van der Waals surface area contributed by atoms with E-state index in [1.54, 1.807) is 11.0 Å². The van der Waals surface area contributed by atoms with Crippen molar-refractivity contribution >= 4 is 15.9 Å². The van der Waals surface area contributed by atoms with Crippen LogP contribution in [0.3, 0.4) is 0 Å². The molecule has 0 atom stereocenters. The molecule has 0 saturated carbocycles. The average molecular weight is 368 g/mol. The summed E-state index contributed by atoms with van der Waals surface area (Å²) in [5.41, 5.74) is 1.55. The lowest BCUT2D eigenvalue weighted by Gasteiger charge is -2.29. The van der Waals surface area contributed by atoms with Gasteiger partial charge in [-0.3, -0.25) is 4.79 Å². The Morgan fingerprint density at radius 2 is 1.88 bits per heavy atom. The monoisotopic (exact) mass is 367 g/mol. The zero-order valence-electron chi connectivity index (χ0n) is 15.4. The molecule has 0 spiro atoms. The number of benzene rings is 1. The second kappa shape index (κ2) is 8.78. The van der Waals surface area contributed by atoms with Gasteiger partial charge in [0.15, 0.2) is 0 Å². The zero-order valence-corrected chi connectivity index (χ0v) is 16.2. The van der Waals surface area contributed by atoms with Gasteiger partial charge in [0, 0.05) is 44.8 Å². The largest absolute Gasteiger partial charge is 0.337 e. The smallest absolute Gasteiger partial charge is 0.254 e. The van der Waals surface area contributed by atoms with Crippen molar-refractivity contribution < 1.29 is 13.2 Å². The topological polar surface area (TPSA) is 69.7 Å². The molecular formula is C18H29N3O3S. The highest BCUT2D eigenvalue weighted by Crippen LogP contribution is 2.13. The number of nitrogens with zero attached hydrogens (tertiary/aromatic N) is 2. The summed E-state index contributed by atoms with van der Waals surface area (Å²) < 4.78 is 26.6. The van der Waals surface area contributed by atoms with E-state index in [-0.39, 0.29) is 24.1 Å². The molecule has 0 aliphatic carbocycles.